The van der Waals surface area contributed by atoms with Crippen LogP contribution in [0.25, 0.3) is 0 Å². The Labute approximate surface area is 126 Å². The predicted octanol–water partition coefficient (Wildman–Crippen LogP) is 1.88. The lowest BCUT2D eigenvalue weighted by Crippen LogP contribution is -2.34. The first-order valence-electron chi connectivity index (χ1n) is 7.35. The van der Waals surface area contributed by atoms with E-state index in [1.807, 2.05) is 45.0 Å². The van der Waals surface area contributed by atoms with Crippen molar-refractivity contribution in [1.82, 2.24) is 5.32 Å². The second-order valence-electron chi connectivity index (χ2n) is 5.40. The molecule has 0 heterocycles. The maximum atomic E-state index is 11.8. The van der Waals surface area contributed by atoms with E-state index in [2.05, 4.69) is 10.6 Å². The molecule has 0 aliphatic heterocycles. The van der Waals surface area contributed by atoms with Gasteiger partial charge in [0.25, 0.3) is 0 Å². The summed E-state index contributed by atoms with van der Waals surface area (Å²) in [5, 5.41) is 5.70. The number of nitrogens with one attached hydrogen (secondary N) is 2. The van der Waals surface area contributed by atoms with Gasteiger partial charge in [0, 0.05) is 30.6 Å². The monoisotopic (exact) mass is 291 g/mol. The normalized spacial score (nSPS) is 12.0. The molecule has 116 valence electrons. The molecule has 1 rings (SSSR count). The zero-order valence-electron chi connectivity index (χ0n) is 13.0. The number of anilines is 1. The minimum atomic E-state index is -0.130. The van der Waals surface area contributed by atoms with Crippen molar-refractivity contribution in [3.63, 3.8) is 0 Å². The summed E-state index contributed by atoms with van der Waals surface area (Å²) in [5.74, 6) is -0.206. The summed E-state index contributed by atoms with van der Waals surface area (Å²) >= 11 is 0. The molecule has 4 N–H and O–H groups in total. The van der Waals surface area contributed by atoms with Crippen molar-refractivity contribution in [2.75, 3.05) is 11.9 Å². The third-order valence-electron chi connectivity index (χ3n) is 3.36. The van der Waals surface area contributed by atoms with Crippen molar-refractivity contribution < 1.29 is 9.59 Å². The molecule has 0 aromatic heterocycles. The van der Waals surface area contributed by atoms with E-state index in [-0.39, 0.29) is 23.7 Å². The average molecular weight is 291 g/mol. The Morgan fingerprint density at radius 3 is 2.24 bits per heavy atom. The summed E-state index contributed by atoms with van der Waals surface area (Å²) < 4.78 is 0. The number of carbonyl (C=O) groups is 2. The fourth-order valence-corrected chi connectivity index (χ4v) is 1.79. The summed E-state index contributed by atoms with van der Waals surface area (Å²) in [4.78, 5) is 23.4. The summed E-state index contributed by atoms with van der Waals surface area (Å²) in [6.07, 6.45) is 0.739. The molecule has 5 heteroatoms. The van der Waals surface area contributed by atoms with Gasteiger partial charge in [-0.25, -0.2) is 0 Å². The molecule has 1 atom stereocenters. The van der Waals surface area contributed by atoms with Crippen molar-refractivity contribution in [2.24, 2.45) is 17.6 Å². The van der Waals surface area contributed by atoms with E-state index in [1.54, 1.807) is 0 Å². The maximum Gasteiger partial charge on any atom is 0.226 e. The van der Waals surface area contributed by atoms with Crippen LogP contribution in [0.4, 0.5) is 5.69 Å². The molecule has 2 amide bonds. The smallest absolute Gasteiger partial charge is 0.226 e. The maximum absolute atomic E-state index is 11.8. The van der Waals surface area contributed by atoms with Crippen LogP contribution in [0.3, 0.4) is 0 Å². The van der Waals surface area contributed by atoms with Gasteiger partial charge in [-0.05, 0) is 24.1 Å². The molecule has 1 aromatic rings. The number of nitrogens with two attached hydrogens (primary N) is 1. The lowest BCUT2D eigenvalue weighted by Gasteiger charge is -2.13. The van der Waals surface area contributed by atoms with Crippen LogP contribution in [0.1, 0.15) is 32.8 Å². The van der Waals surface area contributed by atoms with Crippen molar-refractivity contribution in [3.05, 3.63) is 29.8 Å². The number of amides is 2. The van der Waals surface area contributed by atoms with E-state index in [4.69, 9.17) is 5.73 Å². The standard InChI is InChI=1S/C16H25N3O2/c1-4-13(9-17)16(21)18-10-12-5-7-14(8-6-12)19-15(20)11(2)3/h5-8,11,13H,4,9-10,17H2,1-3H3,(H,18,21)(H,19,20). The summed E-state index contributed by atoms with van der Waals surface area (Å²) in [7, 11) is 0. The quantitative estimate of drug-likeness (QED) is 0.717. The van der Waals surface area contributed by atoms with E-state index in [1.165, 1.54) is 0 Å². The number of benzene rings is 1. The van der Waals surface area contributed by atoms with Gasteiger partial charge in [-0.1, -0.05) is 32.9 Å². The van der Waals surface area contributed by atoms with Crippen LogP contribution in [-0.4, -0.2) is 18.4 Å². The Morgan fingerprint density at radius 1 is 1.14 bits per heavy atom. The lowest BCUT2D eigenvalue weighted by atomic mass is 10.1. The van der Waals surface area contributed by atoms with Crippen LogP contribution in [0.5, 0.6) is 0 Å². The SMILES string of the molecule is CCC(CN)C(=O)NCc1ccc(NC(=O)C(C)C)cc1. The molecule has 21 heavy (non-hydrogen) atoms. The van der Waals surface area contributed by atoms with Gasteiger partial charge in [0.2, 0.25) is 11.8 Å². The highest BCUT2D eigenvalue weighted by Gasteiger charge is 2.13. The van der Waals surface area contributed by atoms with Gasteiger partial charge < -0.3 is 16.4 Å². The van der Waals surface area contributed by atoms with Crippen LogP contribution < -0.4 is 16.4 Å². The fraction of sp³-hybridized carbons (Fsp3) is 0.500. The second kappa shape index (κ2) is 8.42. The van der Waals surface area contributed by atoms with E-state index in [0.717, 1.165) is 17.7 Å². The van der Waals surface area contributed by atoms with Gasteiger partial charge >= 0.3 is 0 Å². The Kier molecular flexibility index (Phi) is 6.88. The Balaban J connectivity index is 2.51. The molecule has 1 aromatic carbocycles. The number of rotatable bonds is 7. The van der Waals surface area contributed by atoms with Crippen molar-refractivity contribution >= 4 is 17.5 Å². The largest absolute Gasteiger partial charge is 0.352 e. The molecule has 0 saturated carbocycles. The minimum Gasteiger partial charge on any atom is -0.352 e. The number of carbonyl (C=O) groups excluding carboxylic acids is 2. The van der Waals surface area contributed by atoms with Crippen LogP contribution >= 0.6 is 0 Å². The molecule has 0 radical (unpaired) electrons. The molecule has 1 unspecified atom stereocenters. The first kappa shape index (κ1) is 17.2. The van der Waals surface area contributed by atoms with Gasteiger partial charge in [0.05, 0.1) is 0 Å². The zero-order valence-corrected chi connectivity index (χ0v) is 13.0. The van der Waals surface area contributed by atoms with E-state index >= 15 is 0 Å². The Morgan fingerprint density at radius 2 is 1.76 bits per heavy atom. The summed E-state index contributed by atoms with van der Waals surface area (Å²) in [6.45, 7) is 6.47. The minimum absolute atomic E-state index is 0.00946. The highest BCUT2D eigenvalue weighted by molar-refractivity contribution is 5.92. The van der Waals surface area contributed by atoms with E-state index in [9.17, 15) is 9.59 Å². The van der Waals surface area contributed by atoms with Gasteiger partial charge in [-0.2, -0.15) is 0 Å². The first-order valence-corrected chi connectivity index (χ1v) is 7.35. The Hall–Kier alpha value is -1.88. The molecular weight excluding hydrogens is 266 g/mol. The van der Waals surface area contributed by atoms with Crippen molar-refractivity contribution in [3.8, 4) is 0 Å². The van der Waals surface area contributed by atoms with E-state index < -0.39 is 0 Å². The molecule has 0 saturated heterocycles. The average Bonchev–Trinajstić information content (AvgIpc) is 2.47. The zero-order chi connectivity index (χ0) is 15.8. The Bertz CT molecular complexity index is 465. The number of hydrogen-bond acceptors (Lipinski definition) is 3. The van der Waals surface area contributed by atoms with Crippen LogP contribution in [0, 0.1) is 11.8 Å². The third-order valence-corrected chi connectivity index (χ3v) is 3.36. The fourth-order valence-electron chi connectivity index (χ4n) is 1.79. The highest BCUT2D eigenvalue weighted by Crippen LogP contribution is 2.11. The second-order valence-corrected chi connectivity index (χ2v) is 5.40. The highest BCUT2D eigenvalue weighted by atomic mass is 16.2. The van der Waals surface area contributed by atoms with Crippen molar-refractivity contribution in [2.45, 2.75) is 33.7 Å². The topological polar surface area (TPSA) is 84.2 Å². The molecule has 0 aliphatic carbocycles. The van der Waals surface area contributed by atoms with Gasteiger partial charge in [-0.3, -0.25) is 9.59 Å². The predicted molar refractivity (Wildman–Crippen MR) is 84.6 cm³/mol. The molecule has 0 fully saturated rings. The third kappa shape index (κ3) is 5.55. The van der Waals surface area contributed by atoms with Crippen LogP contribution in [0.2, 0.25) is 0 Å². The van der Waals surface area contributed by atoms with Crippen molar-refractivity contribution in [1.29, 1.82) is 0 Å². The molecule has 0 spiro atoms. The molecule has 0 aliphatic rings. The van der Waals surface area contributed by atoms with E-state index in [0.29, 0.717) is 13.1 Å². The molecular formula is C16H25N3O2. The van der Waals surface area contributed by atoms with Crippen LogP contribution in [0.15, 0.2) is 24.3 Å². The van der Waals surface area contributed by atoms with Gasteiger partial charge in [-0.15, -0.1) is 0 Å². The van der Waals surface area contributed by atoms with Gasteiger partial charge in [0.1, 0.15) is 0 Å². The number of hydrogen-bond donors (Lipinski definition) is 3. The van der Waals surface area contributed by atoms with Gasteiger partial charge in [0.15, 0.2) is 0 Å². The molecule has 0 bridgehead atoms. The summed E-state index contributed by atoms with van der Waals surface area (Å²) in [5.41, 5.74) is 7.29. The summed E-state index contributed by atoms with van der Waals surface area (Å²) in [6, 6.07) is 7.45. The van der Waals surface area contributed by atoms with Crippen LogP contribution in [-0.2, 0) is 16.1 Å². The first-order chi connectivity index (χ1) is 9.97. The molecule has 5 nitrogen and oxygen atoms in total. The lowest BCUT2D eigenvalue weighted by molar-refractivity contribution is -0.125.